The summed E-state index contributed by atoms with van der Waals surface area (Å²) in [6.07, 6.45) is 0. The van der Waals surface area contributed by atoms with Gasteiger partial charge in [-0.1, -0.05) is 0 Å². The van der Waals surface area contributed by atoms with Crippen molar-refractivity contribution in [3.63, 3.8) is 0 Å². The van der Waals surface area contributed by atoms with Crippen molar-refractivity contribution in [2.45, 2.75) is 0 Å². The molecule has 0 atom stereocenters. The highest BCUT2D eigenvalue weighted by Crippen LogP contribution is 2.12. The maximum atomic E-state index is 13.1. The van der Waals surface area contributed by atoms with Crippen LogP contribution < -0.4 is 0 Å². The third kappa shape index (κ3) is 4.04. The molecule has 0 saturated carbocycles. The molecule has 0 N–H and O–H groups in total. The van der Waals surface area contributed by atoms with E-state index in [1.165, 1.54) is 6.07 Å². The fourth-order valence-corrected chi connectivity index (χ4v) is 2.34. The quantitative estimate of drug-likeness (QED) is 0.797. The zero-order valence-corrected chi connectivity index (χ0v) is 12.4. The Morgan fingerprint density at radius 2 is 1.80 bits per heavy atom. The van der Waals surface area contributed by atoms with Crippen LogP contribution >= 0.6 is 24.0 Å². The summed E-state index contributed by atoms with van der Waals surface area (Å²) in [5, 5.41) is 0. The number of amides is 1. The lowest BCUT2D eigenvalue weighted by atomic mass is 10.1. The van der Waals surface area contributed by atoms with Gasteiger partial charge < -0.3 is 4.90 Å². The zero-order valence-electron chi connectivity index (χ0n) is 10.8. The van der Waals surface area contributed by atoms with Gasteiger partial charge >= 0.3 is 0 Å². The maximum Gasteiger partial charge on any atom is 0.254 e. The Kier molecular flexibility index (Phi) is 6.65. The van der Waals surface area contributed by atoms with Gasteiger partial charge in [-0.05, 0) is 18.2 Å². The molecule has 0 radical (unpaired) electrons. The Morgan fingerprint density at radius 1 is 1.15 bits per heavy atom. The number of alkyl halides is 1. The molecular weight excluding hydrogens is 309 g/mol. The summed E-state index contributed by atoms with van der Waals surface area (Å²) >= 11 is 5.66. The molecule has 112 valence electrons. The molecule has 2 rings (SSSR count). The van der Waals surface area contributed by atoms with Crippen molar-refractivity contribution in [3.8, 4) is 0 Å². The van der Waals surface area contributed by atoms with Gasteiger partial charge in [-0.25, -0.2) is 8.78 Å². The molecule has 1 fully saturated rings. The molecule has 0 spiro atoms. The molecule has 1 saturated heterocycles. The van der Waals surface area contributed by atoms with Crippen LogP contribution in [0.25, 0.3) is 0 Å². The van der Waals surface area contributed by atoms with Gasteiger partial charge in [0, 0.05) is 44.2 Å². The molecule has 7 heteroatoms. The average Bonchev–Trinajstić information content (AvgIpc) is 2.42. The van der Waals surface area contributed by atoms with E-state index in [-0.39, 0.29) is 23.9 Å². The van der Waals surface area contributed by atoms with E-state index in [9.17, 15) is 13.6 Å². The third-order valence-corrected chi connectivity index (χ3v) is 3.40. The number of hydrogen-bond acceptors (Lipinski definition) is 2. The highest BCUT2D eigenvalue weighted by Gasteiger charge is 2.22. The molecule has 0 unspecified atom stereocenters. The minimum absolute atomic E-state index is 0. The summed E-state index contributed by atoms with van der Waals surface area (Å²) in [6, 6.07) is 3.24. The van der Waals surface area contributed by atoms with E-state index in [0.29, 0.717) is 19.0 Å². The predicted molar refractivity (Wildman–Crippen MR) is 76.7 cm³/mol. The smallest absolute Gasteiger partial charge is 0.254 e. The minimum atomic E-state index is -0.994. The second-order valence-electron chi connectivity index (χ2n) is 4.45. The van der Waals surface area contributed by atoms with Crippen LogP contribution in [0.5, 0.6) is 0 Å². The topological polar surface area (TPSA) is 23.6 Å². The monoisotopic (exact) mass is 324 g/mol. The van der Waals surface area contributed by atoms with Crippen LogP contribution in [0.1, 0.15) is 10.4 Å². The Morgan fingerprint density at radius 3 is 2.35 bits per heavy atom. The van der Waals surface area contributed by atoms with E-state index < -0.39 is 11.6 Å². The van der Waals surface area contributed by atoms with Crippen LogP contribution in [0.2, 0.25) is 0 Å². The SMILES string of the molecule is Cl.O=C(c1ccc(F)c(F)c1)N1CCN(CCCl)CC1. The van der Waals surface area contributed by atoms with Crippen molar-refractivity contribution >= 4 is 29.9 Å². The molecule has 0 aromatic heterocycles. The lowest BCUT2D eigenvalue weighted by Crippen LogP contribution is -2.49. The van der Waals surface area contributed by atoms with E-state index in [1.807, 2.05) is 0 Å². The lowest BCUT2D eigenvalue weighted by Gasteiger charge is -2.34. The molecule has 0 bridgehead atoms. The first-order valence-electron chi connectivity index (χ1n) is 6.14. The van der Waals surface area contributed by atoms with Crippen LogP contribution in [-0.4, -0.2) is 54.3 Å². The van der Waals surface area contributed by atoms with E-state index >= 15 is 0 Å². The molecule has 20 heavy (non-hydrogen) atoms. The number of rotatable bonds is 3. The Labute approximate surface area is 127 Å². The fourth-order valence-electron chi connectivity index (χ4n) is 2.11. The molecule has 1 heterocycles. The highest BCUT2D eigenvalue weighted by molar-refractivity contribution is 6.18. The van der Waals surface area contributed by atoms with Crippen LogP contribution in [-0.2, 0) is 0 Å². The van der Waals surface area contributed by atoms with Crippen LogP contribution in [0.3, 0.4) is 0 Å². The normalized spacial score (nSPS) is 15.8. The summed E-state index contributed by atoms with van der Waals surface area (Å²) < 4.78 is 25.9. The molecule has 1 aromatic rings. The van der Waals surface area contributed by atoms with Gasteiger partial charge in [0.25, 0.3) is 5.91 Å². The van der Waals surface area contributed by atoms with Crippen molar-refractivity contribution in [1.82, 2.24) is 9.80 Å². The van der Waals surface area contributed by atoms with Gasteiger partial charge in [0.1, 0.15) is 0 Å². The first-order chi connectivity index (χ1) is 9.11. The van der Waals surface area contributed by atoms with Crippen molar-refractivity contribution in [3.05, 3.63) is 35.4 Å². The van der Waals surface area contributed by atoms with Crippen molar-refractivity contribution in [2.24, 2.45) is 0 Å². The summed E-state index contributed by atoms with van der Waals surface area (Å²) in [5.74, 6) is -1.63. The standard InChI is InChI=1S/C13H15ClF2N2O.ClH/c14-3-4-17-5-7-18(8-6-17)13(19)10-1-2-11(15)12(16)9-10;/h1-2,9H,3-8H2;1H. The Hall–Kier alpha value is -0.910. The van der Waals surface area contributed by atoms with E-state index in [1.54, 1.807) is 4.90 Å². The average molecular weight is 325 g/mol. The van der Waals surface area contributed by atoms with Crippen LogP contribution in [0.4, 0.5) is 8.78 Å². The fraction of sp³-hybridized carbons (Fsp3) is 0.462. The summed E-state index contributed by atoms with van der Waals surface area (Å²) in [7, 11) is 0. The molecular formula is C13H16Cl2F2N2O. The molecule has 3 nitrogen and oxygen atoms in total. The predicted octanol–water partition coefficient (Wildman–Crippen LogP) is 2.38. The molecule has 1 aromatic carbocycles. The van der Waals surface area contributed by atoms with Gasteiger partial charge in [0.15, 0.2) is 11.6 Å². The summed E-state index contributed by atoms with van der Waals surface area (Å²) in [4.78, 5) is 15.9. The molecule has 1 aliphatic heterocycles. The van der Waals surface area contributed by atoms with Gasteiger partial charge in [0.2, 0.25) is 0 Å². The van der Waals surface area contributed by atoms with Crippen LogP contribution in [0, 0.1) is 11.6 Å². The van der Waals surface area contributed by atoms with E-state index in [0.717, 1.165) is 31.8 Å². The largest absolute Gasteiger partial charge is 0.336 e. The first kappa shape index (κ1) is 17.1. The Bertz CT molecular complexity index is 466. The lowest BCUT2D eigenvalue weighted by molar-refractivity contribution is 0.0644. The maximum absolute atomic E-state index is 13.1. The number of halogens is 4. The number of carbonyl (C=O) groups excluding carboxylic acids is 1. The highest BCUT2D eigenvalue weighted by atomic mass is 35.5. The number of piperazine rings is 1. The zero-order chi connectivity index (χ0) is 13.8. The molecule has 1 aliphatic rings. The van der Waals surface area contributed by atoms with E-state index in [2.05, 4.69) is 4.90 Å². The second-order valence-corrected chi connectivity index (χ2v) is 4.83. The second kappa shape index (κ2) is 7.76. The Balaban J connectivity index is 0.00000200. The number of benzene rings is 1. The number of nitrogens with zero attached hydrogens (tertiary/aromatic N) is 2. The third-order valence-electron chi connectivity index (χ3n) is 3.23. The number of carbonyl (C=O) groups is 1. The van der Waals surface area contributed by atoms with Crippen molar-refractivity contribution in [2.75, 3.05) is 38.6 Å². The minimum Gasteiger partial charge on any atom is -0.336 e. The van der Waals surface area contributed by atoms with Crippen molar-refractivity contribution < 1.29 is 13.6 Å². The van der Waals surface area contributed by atoms with Gasteiger partial charge in [0.05, 0.1) is 0 Å². The van der Waals surface area contributed by atoms with Crippen LogP contribution in [0.15, 0.2) is 18.2 Å². The molecule has 0 aliphatic carbocycles. The van der Waals surface area contributed by atoms with Gasteiger partial charge in [-0.3, -0.25) is 9.69 Å². The van der Waals surface area contributed by atoms with Crippen molar-refractivity contribution in [1.29, 1.82) is 0 Å². The first-order valence-corrected chi connectivity index (χ1v) is 6.68. The molecule has 1 amide bonds. The van der Waals surface area contributed by atoms with Gasteiger partial charge in [-0.2, -0.15) is 0 Å². The van der Waals surface area contributed by atoms with Gasteiger partial charge in [-0.15, -0.1) is 24.0 Å². The summed E-state index contributed by atoms with van der Waals surface area (Å²) in [5.41, 5.74) is 0.185. The summed E-state index contributed by atoms with van der Waals surface area (Å²) in [6.45, 7) is 3.46. The van der Waals surface area contributed by atoms with E-state index in [4.69, 9.17) is 11.6 Å². The number of hydrogen-bond donors (Lipinski definition) is 0.